The summed E-state index contributed by atoms with van der Waals surface area (Å²) in [6, 6.07) is 7.30. The molecule has 0 aromatic heterocycles. The van der Waals surface area contributed by atoms with Crippen molar-refractivity contribution in [1.82, 2.24) is 0 Å². The Bertz CT molecular complexity index is 464. The highest BCUT2D eigenvalue weighted by atomic mass is 79.9. The van der Waals surface area contributed by atoms with Crippen LogP contribution in [0.1, 0.15) is 32.8 Å². The minimum absolute atomic E-state index is 0.128. The van der Waals surface area contributed by atoms with Gasteiger partial charge in [0.2, 0.25) is 0 Å². The zero-order chi connectivity index (χ0) is 13.8. The molecule has 0 saturated carbocycles. The van der Waals surface area contributed by atoms with Crippen molar-refractivity contribution < 1.29 is 9.63 Å². The van der Waals surface area contributed by atoms with Gasteiger partial charge >= 0.3 is 5.97 Å². The summed E-state index contributed by atoms with van der Waals surface area (Å²) in [5, 5.41) is 3.64. The lowest BCUT2D eigenvalue weighted by molar-refractivity contribution is -0.145. The second-order valence-electron chi connectivity index (χ2n) is 5.19. The van der Waals surface area contributed by atoms with Crippen molar-refractivity contribution in [2.24, 2.45) is 16.3 Å². The summed E-state index contributed by atoms with van der Waals surface area (Å²) < 4.78 is 0.888. The average Bonchev–Trinajstić information content (AvgIpc) is 2.23. The standard InChI is InChI=1S/C13H17BrN2O2/c1-13(2,3)8-11(17)18-16-12(15)9-5-4-6-10(14)7-9/h4-7H,8H2,1-3H3,(H2,15,16). The number of nitrogens with zero attached hydrogens (tertiary/aromatic N) is 1. The molecule has 0 aliphatic heterocycles. The summed E-state index contributed by atoms with van der Waals surface area (Å²) in [7, 11) is 0. The van der Waals surface area contributed by atoms with E-state index in [1.54, 1.807) is 12.1 Å². The lowest BCUT2D eigenvalue weighted by Gasteiger charge is -2.14. The van der Waals surface area contributed by atoms with E-state index in [0.29, 0.717) is 12.0 Å². The molecule has 0 unspecified atom stereocenters. The van der Waals surface area contributed by atoms with Crippen molar-refractivity contribution in [1.29, 1.82) is 0 Å². The molecule has 0 aliphatic carbocycles. The Kier molecular flexibility index (Phi) is 4.90. The van der Waals surface area contributed by atoms with E-state index in [0.717, 1.165) is 4.47 Å². The van der Waals surface area contributed by atoms with Crippen LogP contribution in [0.3, 0.4) is 0 Å². The first kappa shape index (κ1) is 14.7. The van der Waals surface area contributed by atoms with Gasteiger partial charge in [-0.25, -0.2) is 4.79 Å². The van der Waals surface area contributed by atoms with Crippen LogP contribution in [0, 0.1) is 5.41 Å². The number of rotatable bonds is 3. The summed E-state index contributed by atoms with van der Waals surface area (Å²) in [5.41, 5.74) is 6.30. The third-order valence-corrected chi connectivity index (χ3v) is 2.53. The van der Waals surface area contributed by atoms with Gasteiger partial charge in [-0.05, 0) is 17.5 Å². The van der Waals surface area contributed by atoms with E-state index in [-0.39, 0.29) is 17.2 Å². The number of carbonyl (C=O) groups is 1. The maximum atomic E-state index is 11.5. The Balaban J connectivity index is 2.65. The predicted molar refractivity (Wildman–Crippen MR) is 75.0 cm³/mol. The quantitative estimate of drug-likeness (QED) is 0.404. The molecule has 0 atom stereocenters. The third-order valence-electron chi connectivity index (χ3n) is 2.04. The number of carbonyl (C=O) groups excluding carboxylic acids is 1. The van der Waals surface area contributed by atoms with Crippen LogP contribution in [0.25, 0.3) is 0 Å². The number of hydrogen-bond acceptors (Lipinski definition) is 3. The summed E-state index contributed by atoms with van der Waals surface area (Å²) >= 11 is 3.33. The van der Waals surface area contributed by atoms with Crippen LogP contribution >= 0.6 is 15.9 Å². The van der Waals surface area contributed by atoms with E-state index >= 15 is 0 Å². The molecule has 0 saturated heterocycles. The minimum Gasteiger partial charge on any atom is -0.380 e. The molecule has 0 amide bonds. The monoisotopic (exact) mass is 312 g/mol. The molecular weight excluding hydrogens is 296 g/mol. The number of halogens is 1. The first-order valence-electron chi connectivity index (χ1n) is 5.57. The van der Waals surface area contributed by atoms with Gasteiger partial charge in [0.15, 0.2) is 5.84 Å². The fourth-order valence-corrected chi connectivity index (χ4v) is 1.67. The molecule has 0 bridgehead atoms. The highest BCUT2D eigenvalue weighted by Gasteiger charge is 2.17. The highest BCUT2D eigenvalue weighted by molar-refractivity contribution is 9.10. The second-order valence-corrected chi connectivity index (χ2v) is 6.10. The van der Waals surface area contributed by atoms with Crippen LogP contribution in [0.2, 0.25) is 0 Å². The summed E-state index contributed by atoms with van der Waals surface area (Å²) in [6.07, 6.45) is 0.294. The van der Waals surface area contributed by atoms with Crippen molar-refractivity contribution in [3.8, 4) is 0 Å². The van der Waals surface area contributed by atoms with E-state index in [1.807, 2.05) is 32.9 Å². The van der Waals surface area contributed by atoms with Gasteiger partial charge in [-0.3, -0.25) is 0 Å². The van der Waals surface area contributed by atoms with Crippen molar-refractivity contribution in [2.75, 3.05) is 0 Å². The van der Waals surface area contributed by atoms with Gasteiger partial charge in [0, 0.05) is 10.0 Å². The molecule has 18 heavy (non-hydrogen) atoms. The van der Waals surface area contributed by atoms with Gasteiger partial charge in [0.05, 0.1) is 6.42 Å². The number of nitrogens with two attached hydrogens (primary N) is 1. The number of benzene rings is 1. The first-order chi connectivity index (χ1) is 8.28. The molecule has 0 aliphatic rings. The van der Waals surface area contributed by atoms with Gasteiger partial charge in [0.25, 0.3) is 0 Å². The molecular formula is C13H17BrN2O2. The van der Waals surface area contributed by atoms with E-state index in [1.165, 1.54) is 0 Å². The maximum absolute atomic E-state index is 11.5. The van der Waals surface area contributed by atoms with Gasteiger partial charge in [-0.15, -0.1) is 0 Å². The molecule has 4 nitrogen and oxygen atoms in total. The number of amidine groups is 1. The van der Waals surface area contributed by atoms with Crippen LogP contribution in [0.5, 0.6) is 0 Å². The largest absolute Gasteiger partial charge is 0.380 e. The Morgan fingerprint density at radius 3 is 2.67 bits per heavy atom. The highest BCUT2D eigenvalue weighted by Crippen LogP contribution is 2.19. The lowest BCUT2D eigenvalue weighted by Crippen LogP contribution is -2.17. The smallest absolute Gasteiger partial charge is 0.335 e. The van der Waals surface area contributed by atoms with Crippen LogP contribution in [0.15, 0.2) is 33.9 Å². The lowest BCUT2D eigenvalue weighted by atomic mass is 9.93. The topological polar surface area (TPSA) is 64.7 Å². The second kappa shape index (κ2) is 6.00. The molecule has 98 valence electrons. The average molecular weight is 313 g/mol. The Morgan fingerprint density at radius 1 is 1.44 bits per heavy atom. The summed E-state index contributed by atoms with van der Waals surface area (Å²) in [4.78, 5) is 16.3. The SMILES string of the molecule is CC(C)(C)CC(=O)O/N=C(\N)c1cccc(Br)c1. The van der Waals surface area contributed by atoms with E-state index in [4.69, 9.17) is 10.6 Å². The van der Waals surface area contributed by atoms with Crippen LogP contribution in [-0.4, -0.2) is 11.8 Å². The molecule has 0 spiro atoms. The Hall–Kier alpha value is -1.36. The fourth-order valence-electron chi connectivity index (χ4n) is 1.27. The normalized spacial score (nSPS) is 12.3. The molecule has 0 fully saturated rings. The molecule has 1 rings (SSSR count). The zero-order valence-electron chi connectivity index (χ0n) is 10.7. The van der Waals surface area contributed by atoms with Gasteiger partial charge in [0.1, 0.15) is 0 Å². The van der Waals surface area contributed by atoms with E-state index < -0.39 is 0 Å². The third kappa shape index (κ3) is 5.31. The van der Waals surface area contributed by atoms with Crippen LogP contribution in [0.4, 0.5) is 0 Å². The van der Waals surface area contributed by atoms with Crippen LogP contribution < -0.4 is 5.73 Å². The number of oxime groups is 1. The maximum Gasteiger partial charge on any atom is 0.335 e. The van der Waals surface area contributed by atoms with Crippen molar-refractivity contribution >= 4 is 27.7 Å². The summed E-state index contributed by atoms with van der Waals surface area (Å²) in [5.74, 6) is -0.209. The molecule has 1 aromatic rings. The molecule has 0 radical (unpaired) electrons. The van der Waals surface area contributed by atoms with Gasteiger partial charge in [-0.1, -0.05) is 54.0 Å². The molecule has 5 heteroatoms. The molecule has 1 aromatic carbocycles. The molecule has 2 N–H and O–H groups in total. The number of hydrogen-bond donors (Lipinski definition) is 1. The van der Waals surface area contributed by atoms with Crippen molar-refractivity contribution in [3.05, 3.63) is 34.3 Å². The van der Waals surface area contributed by atoms with Gasteiger partial charge in [-0.2, -0.15) is 0 Å². The fraction of sp³-hybridized carbons (Fsp3) is 0.385. The predicted octanol–water partition coefficient (Wildman–Crippen LogP) is 3.05. The van der Waals surface area contributed by atoms with Crippen LogP contribution in [-0.2, 0) is 9.63 Å². The Labute approximate surface area is 115 Å². The minimum atomic E-state index is -0.388. The Morgan fingerprint density at radius 2 is 2.11 bits per heavy atom. The van der Waals surface area contributed by atoms with E-state index in [9.17, 15) is 4.79 Å². The first-order valence-corrected chi connectivity index (χ1v) is 6.36. The summed E-state index contributed by atoms with van der Waals surface area (Å²) in [6.45, 7) is 5.86. The van der Waals surface area contributed by atoms with Crippen molar-refractivity contribution in [2.45, 2.75) is 27.2 Å². The zero-order valence-corrected chi connectivity index (χ0v) is 12.3. The molecule has 0 heterocycles. The van der Waals surface area contributed by atoms with Crippen molar-refractivity contribution in [3.63, 3.8) is 0 Å². The van der Waals surface area contributed by atoms with Gasteiger partial charge < -0.3 is 10.6 Å². The van der Waals surface area contributed by atoms with E-state index in [2.05, 4.69) is 21.1 Å².